The van der Waals surface area contributed by atoms with Crippen LogP contribution < -0.4 is 9.91 Å². The molecule has 0 N–H and O–H groups in total. The van der Waals surface area contributed by atoms with E-state index in [0.717, 1.165) is 39.9 Å². The molecule has 4 aromatic rings. The molecule has 0 aromatic heterocycles. The first kappa shape index (κ1) is 20.8. The first-order valence-electron chi connectivity index (χ1n) is 11.4. The minimum Gasteiger partial charge on any atom is -0.327 e. The fourth-order valence-electron chi connectivity index (χ4n) is 4.61. The first-order chi connectivity index (χ1) is 16.8. The van der Waals surface area contributed by atoms with Crippen LogP contribution in [0.15, 0.2) is 125 Å². The van der Waals surface area contributed by atoms with Gasteiger partial charge in [-0.25, -0.2) is 5.01 Å². The van der Waals surface area contributed by atoms with Crippen LogP contribution in [0, 0.1) is 0 Å². The number of rotatable bonds is 4. The lowest BCUT2D eigenvalue weighted by atomic mass is 10.1. The first-order valence-corrected chi connectivity index (χ1v) is 12.2. The second kappa shape index (κ2) is 8.50. The third kappa shape index (κ3) is 3.40. The summed E-state index contributed by atoms with van der Waals surface area (Å²) in [5.74, 6) is 0. The lowest BCUT2D eigenvalue weighted by molar-refractivity contribution is 0.629. The van der Waals surface area contributed by atoms with E-state index in [-0.39, 0.29) is 0 Å². The molecule has 1 atom stereocenters. The lowest BCUT2D eigenvalue weighted by Gasteiger charge is -2.48. The van der Waals surface area contributed by atoms with Gasteiger partial charge in [-0.15, -0.1) is 0 Å². The molecule has 2 aliphatic rings. The lowest BCUT2D eigenvalue weighted by Crippen LogP contribution is -2.61. The van der Waals surface area contributed by atoms with Gasteiger partial charge < -0.3 is 4.90 Å². The molecule has 0 radical (unpaired) electrons. The van der Waals surface area contributed by atoms with E-state index in [4.69, 9.17) is 10.1 Å². The number of hydrogen-bond acceptors (Lipinski definition) is 5. The maximum atomic E-state index is 5.21. The molecule has 0 saturated heterocycles. The Kier molecular flexibility index (Phi) is 5.19. The Morgan fingerprint density at radius 3 is 2.09 bits per heavy atom. The van der Waals surface area contributed by atoms with Crippen molar-refractivity contribution in [3.63, 3.8) is 0 Å². The summed E-state index contributed by atoms with van der Waals surface area (Å²) in [4.78, 5) is 6.94. The topological polar surface area (TPSA) is 31.2 Å². The minimum atomic E-state index is -0.628. The molecule has 0 saturated carbocycles. The van der Waals surface area contributed by atoms with E-state index in [2.05, 4.69) is 120 Å². The van der Waals surface area contributed by atoms with E-state index in [1.54, 1.807) is 11.8 Å². The zero-order chi connectivity index (χ0) is 23.0. The van der Waals surface area contributed by atoms with Crippen molar-refractivity contribution in [1.82, 2.24) is 0 Å². The van der Waals surface area contributed by atoms with Crippen molar-refractivity contribution in [3.05, 3.63) is 126 Å². The van der Waals surface area contributed by atoms with Crippen molar-refractivity contribution < 1.29 is 0 Å². The van der Waals surface area contributed by atoms with E-state index in [1.165, 1.54) is 5.56 Å². The maximum Gasteiger partial charge on any atom is 0.227 e. The second-order valence-electron chi connectivity index (χ2n) is 8.39. The largest absolute Gasteiger partial charge is 0.327 e. The van der Waals surface area contributed by atoms with Crippen LogP contribution in [0.1, 0.15) is 18.1 Å². The third-order valence-electron chi connectivity index (χ3n) is 6.22. The standard InChI is InChI=1S/C29H24N4S/c1-22-29(32(21-23-13-5-2-6-14-23)27-20-12-11-19-26(27)30-22)33(25-17-9-4-10-18-25)31-28(34-29)24-15-7-3-8-16-24/h2-20H,21H2,1H3/t29-/m1/s1. The molecule has 0 bridgehead atoms. The summed E-state index contributed by atoms with van der Waals surface area (Å²) in [5, 5.41) is 8.34. The third-order valence-corrected chi connectivity index (χ3v) is 7.70. The minimum absolute atomic E-state index is 0.628. The van der Waals surface area contributed by atoms with Gasteiger partial charge >= 0.3 is 0 Å². The van der Waals surface area contributed by atoms with Crippen molar-refractivity contribution in [2.45, 2.75) is 18.5 Å². The number of para-hydroxylation sites is 3. The number of anilines is 2. The predicted octanol–water partition coefficient (Wildman–Crippen LogP) is 7.07. The summed E-state index contributed by atoms with van der Waals surface area (Å²) in [6.45, 7) is 2.86. The SMILES string of the molecule is CC1=Nc2ccccc2N(Cc2ccccc2)[C@]12SC(c1ccccc1)=NN2c1ccccc1. The molecule has 34 heavy (non-hydrogen) atoms. The molecule has 6 rings (SSSR count). The Labute approximate surface area is 204 Å². The Morgan fingerprint density at radius 2 is 1.35 bits per heavy atom. The van der Waals surface area contributed by atoms with Crippen LogP contribution in [0.4, 0.5) is 17.1 Å². The quantitative estimate of drug-likeness (QED) is 0.326. The number of nitrogens with zero attached hydrogens (tertiary/aromatic N) is 4. The van der Waals surface area contributed by atoms with Gasteiger partial charge in [-0.3, -0.25) is 4.99 Å². The number of thioether (sulfide) groups is 1. The summed E-state index contributed by atoms with van der Waals surface area (Å²) in [5.41, 5.74) is 6.49. The molecule has 166 valence electrons. The summed E-state index contributed by atoms with van der Waals surface area (Å²) in [6.07, 6.45) is 0. The summed E-state index contributed by atoms with van der Waals surface area (Å²) in [6, 6.07) is 39.9. The number of benzene rings is 4. The summed E-state index contributed by atoms with van der Waals surface area (Å²) in [7, 11) is 0. The van der Waals surface area contributed by atoms with Crippen LogP contribution >= 0.6 is 11.8 Å². The monoisotopic (exact) mass is 460 g/mol. The normalized spacial score (nSPS) is 19.1. The van der Waals surface area contributed by atoms with Crippen LogP contribution in [-0.2, 0) is 6.54 Å². The molecular formula is C29H24N4S. The highest BCUT2D eigenvalue weighted by molar-refractivity contribution is 8.16. The van der Waals surface area contributed by atoms with Crippen molar-refractivity contribution >= 4 is 39.6 Å². The smallest absolute Gasteiger partial charge is 0.227 e. The number of hydrogen-bond donors (Lipinski definition) is 0. The average molecular weight is 461 g/mol. The molecule has 5 heteroatoms. The van der Waals surface area contributed by atoms with Crippen molar-refractivity contribution in [3.8, 4) is 0 Å². The van der Waals surface area contributed by atoms with Crippen LogP contribution in [0.2, 0.25) is 0 Å². The molecule has 4 aromatic carbocycles. The van der Waals surface area contributed by atoms with Gasteiger partial charge in [0, 0.05) is 12.1 Å². The molecule has 0 amide bonds. The highest BCUT2D eigenvalue weighted by atomic mass is 32.2. The number of hydrazone groups is 1. The van der Waals surface area contributed by atoms with Gasteiger partial charge in [-0.05, 0) is 48.5 Å². The zero-order valence-corrected chi connectivity index (χ0v) is 19.7. The molecule has 0 aliphatic carbocycles. The van der Waals surface area contributed by atoms with E-state index in [1.807, 2.05) is 12.1 Å². The molecule has 2 heterocycles. The van der Waals surface area contributed by atoms with Gasteiger partial charge in [-0.1, -0.05) is 91.0 Å². The van der Waals surface area contributed by atoms with Crippen molar-refractivity contribution in [1.29, 1.82) is 0 Å². The van der Waals surface area contributed by atoms with Crippen LogP contribution in [0.3, 0.4) is 0 Å². The van der Waals surface area contributed by atoms with E-state index in [9.17, 15) is 0 Å². The Hall–Kier alpha value is -3.83. The van der Waals surface area contributed by atoms with Gasteiger partial charge in [0.1, 0.15) is 5.04 Å². The second-order valence-corrected chi connectivity index (χ2v) is 9.55. The van der Waals surface area contributed by atoms with Crippen LogP contribution in [0.5, 0.6) is 0 Å². The highest BCUT2D eigenvalue weighted by Crippen LogP contribution is 2.52. The molecule has 4 nitrogen and oxygen atoms in total. The summed E-state index contributed by atoms with van der Waals surface area (Å²) < 4.78 is 0. The number of fused-ring (bicyclic) bond motifs is 1. The van der Waals surface area contributed by atoms with Gasteiger partial charge in [0.25, 0.3) is 0 Å². The van der Waals surface area contributed by atoms with Crippen LogP contribution in [-0.4, -0.2) is 15.8 Å². The van der Waals surface area contributed by atoms with E-state index >= 15 is 0 Å². The fourth-order valence-corrected chi connectivity index (χ4v) is 5.96. The van der Waals surface area contributed by atoms with Gasteiger partial charge in [0.2, 0.25) is 4.99 Å². The zero-order valence-electron chi connectivity index (χ0n) is 18.9. The Bertz CT molecular complexity index is 1370. The molecule has 0 unspecified atom stereocenters. The summed E-state index contributed by atoms with van der Waals surface area (Å²) >= 11 is 1.76. The van der Waals surface area contributed by atoms with Gasteiger partial charge in [-0.2, -0.15) is 5.10 Å². The van der Waals surface area contributed by atoms with Crippen molar-refractivity contribution in [2.75, 3.05) is 9.91 Å². The molecule has 0 fully saturated rings. The fraction of sp³-hybridized carbons (Fsp3) is 0.103. The number of aliphatic imine (C=N–C) groups is 1. The highest BCUT2D eigenvalue weighted by Gasteiger charge is 2.54. The van der Waals surface area contributed by atoms with Gasteiger partial charge in [0.05, 0.1) is 22.8 Å². The molecule has 2 aliphatic heterocycles. The van der Waals surface area contributed by atoms with E-state index < -0.39 is 4.99 Å². The van der Waals surface area contributed by atoms with E-state index in [0.29, 0.717) is 0 Å². The van der Waals surface area contributed by atoms with Crippen molar-refractivity contribution in [2.24, 2.45) is 10.1 Å². The van der Waals surface area contributed by atoms with Gasteiger partial charge in [0.15, 0.2) is 0 Å². The molecule has 1 spiro atoms. The maximum absolute atomic E-state index is 5.21. The Morgan fingerprint density at radius 1 is 0.735 bits per heavy atom. The average Bonchev–Trinajstić information content (AvgIpc) is 3.30. The van der Waals surface area contributed by atoms with Crippen LogP contribution in [0.25, 0.3) is 0 Å². The Balaban J connectivity index is 1.56. The molecular weight excluding hydrogens is 436 g/mol. The predicted molar refractivity (Wildman–Crippen MR) is 144 cm³/mol.